The lowest BCUT2D eigenvalue weighted by Gasteiger charge is -2.31. The Balaban J connectivity index is 1.56. The molecule has 0 fully saturated rings. The third kappa shape index (κ3) is 4.36. The van der Waals surface area contributed by atoms with Crippen molar-refractivity contribution < 1.29 is 27.2 Å². The van der Waals surface area contributed by atoms with Gasteiger partial charge in [0.1, 0.15) is 6.29 Å². The predicted octanol–water partition coefficient (Wildman–Crippen LogP) is 5.19. The highest BCUT2D eigenvalue weighted by Crippen LogP contribution is 2.41. The Labute approximate surface area is 193 Å². The zero-order valence-electron chi connectivity index (χ0n) is 18.6. The van der Waals surface area contributed by atoms with Crippen LogP contribution in [0.15, 0.2) is 59.1 Å². The van der Waals surface area contributed by atoms with Gasteiger partial charge >= 0.3 is 6.18 Å². The number of aromatic nitrogens is 4. The van der Waals surface area contributed by atoms with Gasteiger partial charge in [-0.05, 0) is 37.1 Å². The molecule has 0 saturated heterocycles. The molecule has 0 N–H and O–H groups in total. The molecule has 0 spiro atoms. The van der Waals surface area contributed by atoms with E-state index in [0.29, 0.717) is 23.4 Å². The summed E-state index contributed by atoms with van der Waals surface area (Å²) >= 11 is 0. The maximum absolute atomic E-state index is 13.4. The van der Waals surface area contributed by atoms with E-state index >= 15 is 0 Å². The lowest BCUT2D eigenvalue weighted by molar-refractivity contribution is -0.269. The van der Waals surface area contributed by atoms with Crippen molar-refractivity contribution >= 4 is 6.29 Å². The number of ether oxygens (including phenoxy) is 1. The SMILES string of the molecule is COC(C)(c1ccc(-c2noc(-c3cc(C)n(Cc4cccc(C=O)c4)n3)n2)cc1)C(F)(F)F. The molecule has 10 heteroatoms. The van der Waals surface area contributed by atoms with Crippen molar-refractivity contribution in [3.63, 3.8) is 0 Å². The molecule has 176 valence electrons. The fourth-order valence-corrected chi connectivity index (χ4v) is 3.49. The van der Waals surface area contributed by atoms with Gasteiger partial charge in [0.2, 0.25) is 5.82 Å². The average molecular weight is 470 g/mol. The van der Waals surface area contributed by atoms with E-state index in [1.165, 1.54) is 24.3 Å². The van der Waals surface area contributed by atoms with Crippen molar-refractivity contribution in [3.8, 4) is 23.0 Å². The summed E-state index contributed by atoms with van der Waals surface area (Å²) in [5.74, 6) is 0.401. The summed E-state index contributed by atoms with van der Waals surface area (Å²) in [5, 5.41) is 8.45. The monoisotopic (exact) mass is 470 g/mol. The molecule has 0 bridgehead atoms. The van der Waals surface area contributed by atoms with Gasteiger partial charge in [0, 0.05) is 23.9 Å². The average Bonchev–Trinajstić information content (AvgIpc) is 3.45. The van der Waals surface area contributed by atoms with Gasteiger partial charge < -0.3 is 9.26 Å². The number of alkyl halides is 3. The minimum atomic E-state index is -4.58. The summed E-state index contributed by atoms with van der Waals surface area (Å²) in [6.07, 6.45) is -3.79. The normalized spacial score (nSPS) is 13.6. The summed E-state index contributed by atoms with van der Waals surface area (Å²) in [6.45, 7) is 3.30. The summed E-state index contributed by atoms with van der Waals surface area (Å²) in [6, 6.07) is 14.6. The topological polar surface area (TPSA) is 83.0 Å². The zero-order valence-corrected chi connectivity index (χ0v) is 18.6. The molecule has 2 heterocycles. The van der Waals surface area contributed by atoms with Crippen molar-refractivity contribution in [3.05, 3.63) is 77.0 Å². The smallest absolute Gasteiger partial charge is 0.364 e. The number of rotatable bonds is 7. The molecule has 4 rings (SSSR count). The van der Waals surface area contributed by atoms with Crippen LogP contribution in [-0.4, -0.2) is 39.5 Å². The maximum Gasteiger partial charge on any atom is 0.421 e. The van der Waals surface area contributed by atoms with E-state index in [1.54, 1.807) is 28.9 Å². The highest BCUT2D eigenvalue weighted by atomic mass is 19.4. The Morgan fingerprint density at radius 2 is 1.85 bits per heavy atom. The summed E-state index contributed by atoms with van der Waals surface area (Å²) in [5.41, 5.74) is 0.824. The van der Waals surface area contributed by atoms with E-state index in [-0.39, 0.29) is 17.3 Å². The number of nitrogens with zero attached hydrogens (tertiary/aromatic N) is 4. The van der Waals surface area contributed by atoms with Crippen LogP contribution in [0.2, 0.25) is 0 Å². The highest BCUT2D eigenvalue weighted by Gasteiger charge is 2.53. The van der Waals surface area contributed by atoms with Gasteiger partial charge in [0.15, 0.2) is 11.3 Å². The first-order valence-electron chi connectivity index (χ1n) is 10.3. The molecule has 0 aliphatic heterocycles. The number of halogens is 3. The van der Waals surface area contributed by atoms with Crippen LogP contribution < -0.4 is 0 Å². The van der Waals surface area contributed by atoms with Crippen LogP contribution in [0.5, 0.6) is 0 Å². The van der Waals surface area contributed by atoms with Crippen LogP contribution in [0.4, 0.5) is 13.2 Å². The largest absolute Gasteiger partial charge is 0.421 e. The molecule has 0 saturated carbocycles. The predicted molar refractivity (Wildman–Crippen MR) is 117 cm³/mol. The number of carbonyl (C=O) groups excluding carboxylic acids is 1. The minimum absolute atomic E-state index is 0.0389. The van der Waals surface area contributed by atoms with E-state index in [4.69, 9.17) is 9.26 Å². The molecular weight excluding hydrogens is 449 g/mol. The highest BCUT2D eigenvalue weighted by molar-refractivity contribution is 5.74. The van der Waals surface area contributed by atoms with Gasteiger partial charge in [-0.2, -0.15) is 23.3 Å². The molecule has 0 amide bonds. The van der Waals surface area contributed by atoms with E-state index in [1.807, 2.05) is 13.0 Å². The summed E-state index contributed by atoms with van der Waals surface area (Å²) in [4.78, 5) is 15.4. The molecule has 0 aliphatic carbocycles. The molecule has 1 atom stereocenters. The molecule has 2 aromatic heterocycles. The second kappa shape index (κ2) is 8.86. The Hall–Kier alpha value is -3.79. The van der Waals surface area contributed by atoms with Crippen LogP contribution in [0.3, 0.4) is 0 Å². The van der Waals surface area contributed by atoms with Crippen molar-refractivity contribution in [2.45, 2.75) is 32.2 Å². The minimum Gasteiger partial charge on any atom is -0.364 e. The molecule has 7 nitrogen and oxygen atoms in total. The Morgan fingerprint density at radius 3 is 2.50 bits per heavy atom. The van der Waals surface area contributed by atoms with E-state index in [2.05, 4.69) is 15.2 Å². The molecule has 0 radical (unpaired) electrons. The van der Waals surface area contributed by atoms with Crippen molar-refractivity contribution in [2.24, 2.45) is 0 Å². The number of aldehydes is 1. The Morgan fingerprint density at radius 1 is 1.12 bits per heavy atom. The fourth-order valence-electron chi connectivity index (χ4n) is 3.49. The van der Waals surface area contributed by atoms with Crippen molar-refractivity contribution in [1.82, 2.24) is 19.9 Å². The number of methoxy groups -OCH3 is 1. The molecule has 4 aromatic rings. The van der Waals surface area contributed by atoms with E-state index in [0.717, 1.165) is 31.6 Å². The van der Waals surface area contributed by atoms with Gasteiger partial charge in [-0.15, -0.1) is 0 Å². The Bertz CT molecular complexity index is 1310. The van der Waals surface area contributed by atoms with E-state index < -0.39 is 11.8 Å². The third-order valence-electron chi connectivity index (χ3n) is 5.69. The van der Waals surface area contributed by atoms with Crippen molar-refractivity contribution in [2.75, 3.05) is 7.11 Å². The first kappa shape index (κ1) is 23.4. The van der Waals surface area contributed by atoms with E-state index in [9.17, 15) is 18.0 Å². The zero-order chi connectivity index (χ0) is 24.5. The number of hydrogen-bond acceptors (Lipinski definition) is 6. The van der Waals surface area contributed by atoms with Gasteiger partial charge in [0.25, 0.3) is 5.89 Å². The summed E-state index contributed by atoms with van der Waals surface area (Å²) < 4.78 is 52.1. The molecule has 0 aliphatic rings. The molecule has 1 unspecified atom stereocenters. The van der Waals surface area contributed by atoms with Gasteiger partial charge in [-0.3, -0.25) is 9.48 Å². The quantitative estimate of drug-likeness (QED) is 0.346. The first-order chi connectivity index (χ1) is 16.1. The van der Waals surface area contributed by atoms with Crippen LogP contribution in [-0.2, 0) is 16.9 Å². The number of benzene rings is 2. The molecule has 34 heavy (non-hydrogen) atoms. The molecular formula is C24H21F3N4O3. The van der Waals surface area contributed by atoms with Crippen LogP contribution in [0.1, 0.15) is 34.1 Å². The second-order valence-electron chi connectivity index (χ2n) is 7.93. The van der Waals surface area contributed by atoms with Crippen LogP contribution >= 0.6 is 0 Å². The van der Waals surface area contributed by atoms with Crippen LogP contribution in [0, 0.1) is 6.92 Å². The lowest BCUT2D eigenvalue weighted by Crippen LogP contribution is -2.41. The van der Waals surface area contributed by atoms with Gasteiger partial charge in [0.05, 0.1) is 6.54 Å². The van der Waals surface area contributed by atoms with Crippen LogP contribution in [0.25, 0.3) is 23.0 Å². The second-order valence-corrected chi connectivity index (χ2v) is 7.93. The molecule has 2 aromatic carbocycles. The fraction of sp³-hybridized carbons (Fsp3) is 0.250. The summed E-state index contributed by atoms with van der Waals surface area (Å²) in [7, 11) is 1.02. The maximum atomic E-state index is 13.4. The standard InChI is InChI=1S/C24H21F3N4O3/c1-15-11-20(29-31(15)13-16-5-4-6-17(12-16)14-32)22-28-21(30-34-22)18-7-9-19(10-8-18)23(2,33-3)24(25,26)27/h4-12,14H,13H2,1-3H3. The first-order valence-corrected chi connectivity index (χ1v) is 10.3. The number of aryl methyl sites for hydroxylation is 1. The number of carbonyl (C=O) groups is 1. The lowest BCUT2D eigenvalue weighted by atomic mass is 9.94. The Kier molecular flexibility index (Phi) is 6.09. The third-order valence-corrected chi connectivity index (χ3v) is 5.69. The van der Waals surface area contributed by atoms with Crippen molar-refractivity contribution in [1.29, 1.82) is 0 Å². The van der Waals surface area contributed by atoms with Gasteiger partial charge in [-0.1, -0.05) is 47.6 Å². The van der Waals surface area contributed by atoms with Gasteiger partial charge in [-0.25, -0.2) is 0 Å². The number of hydrogen-bond donors (Lipinski definition) is 0.